The second-order valence-corrected chi connectivity index (χ2v) is 11.1. The van der Waals surface area contributed by atoms with Gasteiger partial charge in [-0.05, 0) is 101 Å². The highest BCUT2D eigenvalue weighted by molar-refractivity contribution is 5.82. The minimum Gasteiger partial charge on any atom is -0.383 e. The monoisotopic (exact) mass is 530 g/mol. The molecule has 212 valence electrons. The van der Waals surface area contributed by atoms with E-state index in [1.54, 1.807) is 0 Å². The average Bonchev–Trinajstić information content (AvgIpc) is 3.07. The Morgan fingerprint density at radius 3 is 2.67 bits per heavy atom. The minimum absolute atomic E-state index is 0.382. The largest absolute Gasteiger partial charge is 0.383 e. The smallest absolute Gasteiger partial charge is 0.102 e. The lowest BCUT2D eigenvalue weighted by Gasteiger charge is -2.24. The first-order chi connectivity index (χ1) is 18.8. The van der Waals surface area contributed by atoms with Gasteiger partial charge in [-0.3, -0.25) is 4.90 Å². The number of hydrogen-bond acceptors (Lipinski definition) is 6. The number of hydrogen-bond donors (Lipinski definition) is 3. The molecule has 3 aliphatic rings. The molecule has 1 aromatic carbocycles. The van der Waals surface area contributed by atoms with Crippen molar-refractivity contribution in [1.82, 2.24) is 25.8 Å². The van der Waals surface area contributed by atoms with Crippen molar-refractivity contribution in [2.45, 2.75) is 66.0 Å². The lowest BCUT2D eigenvalue weighted by atomic mass is 10.1. The van der Waals surface area contributed by atoms with Crippen LogP contribution in [-0.4, -0.2) is 61.6 Å². The number of allylic oxidation sites excluding steroid dienone is 4. The zero-order chi connectivity index (χ0) is 28.0. The Morgan fingerprint density at radius 1 is 1.13 bits per heavy atom. The molecule has 0 aromatic heterocycles. The van der Waals surface area contributed by atoms with Crippen LogP contribution in [0.1, 0.15) is 64.5 Å². The molecule has 0 unspecified atom stereocenters. The summed E-state index contributed by atoms with van der Waals surface area (Å²) in [7, 11) is 2.20. The Labute approximate surface area is 237 Å². The van der Waals surface area contributed by atoms with E-state index in [2.05, 4.69) is 108 Å². The first-order valence-corrected chi connectivity index (χ1v) is 14.6. The molecule has 4 bridgehead atoms. The van der Waals surface area contributed by atoms with E-state index in [1.165, 1.54) is 29.7 Å². The number of aliphatic imine (C=N–C) groups is 1. The van der Waals surface area contributed by atoms with E-state index in [0.29, 0.717) is 6.04 Å². The molecule has 0 atom stereocenters. The summed E-state index contributed by atoms with van der Waals surface area (Å²) in [6, 6.07) is 9.10. The third-order valence-corrected chi connectivity index (χ3v) is 6.82. The van der Waals surface area contributed by atoms with E-state index in [9.17, 15) is 0 Å². The first-order valence-electron chi connectivity index (χ1n) is 14.6. The molecule has 1 aromatic rings. The summed E-state index contributed by atoms with van der Waals surface area (Å²) in [4.78, 5) is 9.59. The first kappa shape index (κ1) is 30.6. The van der Waals surface area contributed by atoms with Gasteiger partial charge in [0.05, 0.1) is 0 Å². The van der Waals surface area contributed by atoms with Crippen molar-refractivity contribution >= 4 is 11.4 Å². The van der Waals surface area contributed by atoms with Crippen LogP contribution in [0.3, 0.4) is 0 Å². The van der Waals surface area contributed by atoms with Crippen LogP contribution >= 0.6 is 0 Å². The quantitative estimate of drug-likeness (QED) is 0.449. The SMILES string of the molecule is C=C1/C=C\N=C(C)NC2=CC(=CC(NC(C)C)=CC2)CN(CCCC)CNCCCN(C)Cc2ccc1cc2. The van der Waals surface area contributed by atoms with Crippen molar-refractivity contribution in [3.8, 4) is 0 Å². The molecule has 0 spiro atoms. The number of nitrogens with one attached hydrogen (secondary N) is 3. The molecule has 0 fully saturated rings. The van der Waals surface area contributed by atoms with Gasteiger partial charge in [0.2, 0.25) is 0 Å². The molecule has 2 heterocycles. The maximum absolute atomic E-state index is 4.65. The van der Waals surface area contributed by atoms with E-state index in [1.807, 2.05) is 19.2 Å². The molecule has 0 amide bonds. The summed E-state index contributed by atoms with van der Waals surface area (Å²) >= 11 is 0. The lowest BCUT2D eigenvalue weighted by molar-refractivity contribution is 0.262. The van der Waals surface area contributed by atoms with E-state index < -0.39 is 0 Å². The van der Waals surface area contributed by atoms with Crippen LogP contribution < -0.4 is 16.0 Å². The van der Waals surface area contributed by atoms with E-state index in [-0.39, 0.29) is 0 Å². The van der Waals surface area contributed by atoms with Crippen LogP contribution in [0.5, 0.6) is 0 Å². The predicted molar refractivity (Wildman–Crippen MR) is 168 cm³/mol. The van der Waals surface area contributed by atoms with Crippen molar-refractivity contribution < 1.29 is 0 Å². The molecule has 39 heavy (non-hydrogen) atoms. The second kappa shape index (κ2) is 16.2. The van der Waals surface area contributed by atoms with Gasteiger partial charge in [-0.2, -0.15) is 0 Å². The highest BCUT2D eigenvalue weighted by Crippen LogP contribution is 2.18. The average molecular weight is 531 g/mol. The number of rotatable bonds is 5. The molecule has 6 nitrogen and oxygen atoms in total. The van der Waals surface area contributed by atoms with Crippen LogP contribution in [-0.2, 0) is 6.54 Å². The van der Waals surface area contributed by atoms with Gasteiger partial charge in [-0.1, -0.05) is 50.3 Å². The number of fused-ring (bicyclic) bond motifs is 13. The van der Waals surface area contributed by atoms with Gasteiger partial charge in [-0.25, -0.2) is 4.99 Å². The Hall–Kier alpha value is -2.93. The standard InChI is InChI=1S/C33H50N6/c1-7-8-20-39-24-30-21-32(36-26(2)3)14-15-33(22-30)37-28(5)35-18-16-27(4)31-12-10-29(11-13-31)23-38(6)19-9-17-34-25-39/h10-14,16,18,21-22,26,34,36H,4,7-9,15,17,19-20,23-25H2,1-3,5-6H3,(H,35,37)/b18-16-. The van der Waals surface area contributed by atoms with Gasteiger partial charge < -0.3 is 20.9 Å². The maximum atomic E-state index is 4.65. The Bertz CT molecular complexity index is 1070. The Kier molecular flexibility index (Phi) is 12.7. The van der Waals surface area contributed by atoms with Crippen LogP contribution in [0.15, 0.2) is 83.3 Å². The van der Waals surface area contributed by atoms with Gasteiger partial charge in [0.25, 0.3) is 0 Å². The lowest BCUT2D eigenvalue weighted by Crippen LogP contribution is -2.37. The highest BCUT2D eigenvalue weighted by atomic mass is 15.2. The summed E-state index contributed by atoms with van der Waals surface area (Å²) < 4.78 is 0. The second-order valence-electron chi connectivity index (χ2n) is 11.1. The molecule has 4 rings (SSSR count). The summed E-state index contributed by atoms with van der Waals surface area (Å²) in [6.45, 7) is 18.8. The Balaban J connectivity index is 1.85. The minimum atomic E-state index is 0.382. The Morgan fingerprint density at radius 2 is 1.92 bits per heavy atom. The highest BCUT2D eigenvalue weighted by Gasteiger charge is 2.12. The third-order valence-electron chi connectivity index (χ3n) is 6.82. The van der Waals surface area contributed by atoms with Gasteiger partial charge >= 0.3 is 0 Å². The predicted octanol–water partition coefficient (Wildman–Crippen LogP) is 5.80. The number of amidine groups is 1. The fourth-order valence-electron chi connectivity index (χ4n) is 4.80. The molecule has 6 heteroatoms. The van der Waals surface area contributed by atoms with Crippen LogP contribution in [0.25, 0.3) is 5.57 Å². The summed E-state index contributed by atoms with van der Waals surface area (Å²) in [5, 5.41) is 10.9. The van der Waals surface area contributed by atoms with Crippen molar-refractivity contribution in [2.24, 2.45) is 4.99 Å². The number of unbranched alkanes of at least 4 members (excludes halogenated alkanes) is 1. The van der Waals surface area contributed by atoms with Crippen molar-refractivity contribution in [3.63, 3.8) is 0 Å². The summed E-state index contributed by atoms with van der Waals surface area (Å²) in [6.07, 6.45) is 15.0. The van der Waals surface area contributed by atoms with Crippen molar-refractivity contribution in [2.75, 3.05) is 39.9 Å². The summed E-state index contributed by atoms with van der Waals surface area (Å²) in [5.74, 6) is 0.864. The molecule has 3 N–H and O–H groups in total. The van der Waals surface area contributed by atoms with Crippen molar-refractivity contribution in [3.05, 3.63) is 89.4 Å². The van der Waals surface area contributed by atoms with Gasteiger partial charge in [-0.15, -0.1) is 0 Å². The van der Waals surface area contributed by atoms with E-state index in [4.69, 9.17) is 0 Å². The van der Waals surface area contributed by atoms with Gasteiger partial charge in [0.15, 0.2) is 0 Å². The van der Waals surface area contributed by atoms with Gasteiger partial charge in [0.1, 0.15) is 5.84 Å². The molecule has 2 aliphatic heterocycles. The maximum Gasteiger partial charge on any atom is 0.102 e. The van der Waals surface area contributed by atoms with E-state index in [0.717, 1.165) is 74.9 Å². The fourth-order valence-corrected chi connectivity index (χ4v) is 4.80. The van der Waals surface area contributed by atoms with Crippen LogP contribution in [0, 0.1) is 0 Å². The van der Waals surface area contributed by atoms with Gasteiger partial charge in [0, 0.05) is 49.8 Å². The summed E-state index contributed by atoms with van der Waals surface area (Å²) in [5.41, 5.74) is 7.03. The zero-order valence-corrected chi connectivity index (χ0v) is 24.9. The number of benzene rings is 1. The molecule has 0 radical (unpaired) electrons. The van der Waals surface area contributed by atoms with Crippen LogP contribution in [0.2, 0.25) is 0 Å². The molecule has 0 saturated carbocycles. The van der Waals surface area contributed by atoms with E-state index >= 15 is 0 Å². The molecule has 1 aliphatic carbocycles. The van der Waals surface area contributed by atoms with Crippen LogP contribution in [0.4, 0.5) is 0 Å². The molecular weight excluding hydrogens is 480 g/mol. The normalized spacial score (nSPS) is 20.0. The third kappa shape index (κ3) is 11.4. The molecule has 0 saturated heterocycles. The molecular formula is C33H50N6. The van der Waals surface area contributed by atoms with Crippen molar-refractivity contribution in [1.29, 1.82) is 0 Å². The topological polar surface area (TPSA) is 54.9 Å². The number of nitrogens with zero attached hydrogens (tertiary/aromatic N) is 3. The fraction of sp³-hybridized carbons (Fsp3) is 0.485. The zero-order valence-electron chi connectivity index (χ0n) is 24.9.